The number of rotatable bonds is 6. The highest BCUT2D eigenvalue weighted by molar-refractivity contribution is 7.90. The molecule has 0 heterocycles. The smallest absolute Gasteiger partial charge is 0.0434 e. The fourth-order valence-corrected chi connectivity index (χ4v) is 123. The molecule has 0 unspecified atom stereocenters. The van der Waals surface area contributed by atoms with Crippen LogP contribution < -0.4 is 0 Å². The van der Waals surface area contributed by atoms with Crippen molar-refractivity contribution in [2.24, 2.45) is 0 Å². The standard InChI is InChI=1S/C14H40Si5/c1-14(2,12-13-15)19(16(3,4)5,17(6,7)8)18(9,10)11/h12-13H2,1-11,15H3. The Morgan fingerprint density at radius 1 is 0.684 bits per heavy atom. The van der Waals surface area contributed by atoms with Crippen molar-refractivity contribution in [1.29, 1.82) is 0 Å². The van der Waals surface area contributed by atoms with Crippen LogP contribution in [0.3, 0.4) is 0 Å². The van der Waals surface area contributed by atoms with Crippen molar-refractivity contribution in [3.05, 3.63) is 0 Å². The van der Waals surface area contributed by atoms with E-state index in [0.29, 0.717) is 5.04 Å². The second-order valence-corrected chi connectivity index (χ2v) is 52.2. The molecule has 0 saturated heterocycles. The summed E-state index contributed by atoms with van der Waals surface area (Å²) in [6.07, 6.45) is 1.52. The minimum atomic E-state index is -1.21. The predicted octanol–water partition coefficient (Wildman–Crippen LogP) is 4.64. The highest BCUT2D eigenvalue weighted by Crippen LogP contribution is 2.54. The van der Waals surface area contributed by atoms with Gasteiger partial charge in [0.05, 0.1) is 0 Å². The molecule has 0 N–H and O–H groups in total. The molecule has 0 radical (unpaired) electrons. The monoisotopic (exact) mass is 348 g/mol. The Hall–Kier alpha value is 1.08. The van der Waals surface area contributed by atoms with Crippen LogP contribution in [0.2, 0.25) is 70.0 Å². The lowest BCUT2D eigenvalue weighted by Gasteiger charge is -2.65. The maximum absolute atomic E-state index is 2.73. The van der Waals surface area contributed by atoms with Crippen LogP contribution in [0.25, 0.3) is 0 Å². The molecule has 0 rings (SSSR count). The van der Waals surface area contributed by atoms with Crippen LogP contribution in [0.5, 0.6) is 0 Å². The molecule has 0 amide bonds. The van der Waals surface area contributed by atoms with Gasteiger partial charge in [0.25, 0.3) is 0 Å². The van der Waals surface area contributed by atoms with Gasteiger partial charge in [-0.25, -0.2) is 0 Å². The van der Waals surface area contributed by atoms with Crippen molar-refractivity contribution >= 4 is 39.6 Å². The molecule has 0 bridgehead atoms. The number of hydrogen-bond acceptors (Lipinski definition) is 0. The second kappa shape index (κ2) is 5.70. The Kier molecular flexibility index (Phi) is 6.03. The third kappa shape index (κ3) is 3.30. The van der Waals surface area contributed by atoms with Gasteiger partial charge in [0.15, 0.2) is 0 Å². The lowest BCUT2D eigenvalue weighted by molar-refractivity contribution is 0.638. The first-order valence-electron chi connectivity index (χ1n) is 8.06. The molecule has 5 heteroatoms. The molecule has 0 aliphatic rings. The van der Waals surface area contributed by atoms with Crippen LogP contribution in [0, 0.1) is 0 Å². The highest BCUT2D eigenvalue weighted by atomic mass is 29.9. The van der Waals surface area contributed by atoms with E-state index in [2.05, 4.69) is 72.8 Å². The molecular weight excluding hydrogens is 309 g/mol. The van der Waals surface area contributed by atoms with E-state index >= 15 is 0 Å². The Labute approximate surface area is 130 Å². The zero-order valence-electron chi connectivity index (χ0n) is 15.9. The van der Waals surface area contributed by atoms with Gasteiger partial charge in [0.1, 0.15) is 0 Å². The van der Waals surface area contributed by atoms with Crippen molar-refractivity contribution in [2.45, 2.75) is 90.3 Å². The van der Waals surface area contributed by atoms with Crippen LogP contribution in [-0.4, -0.2) is 39.6 Å². The van der Waals surface area contributed by atoms with Gasteiger partial charge in [-0.2, -0.15) is 0 Å². The summed E-state index contributed by atoms with van der Waals surface area (Å²) >= 11 is 0. The van der Waals surface area contributed by atoms with Gasteiger partial charge in [0, 0.05) is 39.6 Å². The fourth-order valence-electron chi connectivity index (χ4n) is 7.23. The third-order valence-electron chi connectivity index (χ3n) is 5.27. The van der Waals surface area contributed by atoms with Gasteiger partial charge < -0.3 is 0 Å². The van der Waals surface area contributed by atoms with Crippen LogP contribution in [0.4, 0.5) is 0 Å². The molecule has 116 valence electrons. The quantitative estimate of drug-likeness (QED) is 0.613. The molecule has 0 aromatic carbocycles. The van der Waals surface area contributed by atoms with E-state index in [9.17, 15) is 0 Å². The van der Waals surface area contributed by atoms with Gasteiger partial charge in [0.2, 0.25) is 0 Å². The van der Waals surface area contributed by atoms with Crippen molar-refractivity contribution in [1.82, 2.24) is 0 Å². The van der Waals surface area contributed by atoms with E-state index < -0.39 is 29.4 Å². The van der Waals surface area contributed by atoms with E-state index in [0.717, 1.165) is 0 Å². The molecule has 0 spiro atoms. The summed E-state index contributed by atoms with van der Waals surface area (Å²) in [6, 6.07) is 1.50. The summed E-state index contributed by atoms with van der Waals surface area (Å²) in [5.74, 6) is 0. The first kappa shape index (κ1) is 20.1. The first-order chi connectivity index (χ1) is 8.06. The molecule has 0 atom stereocenters. The van der Waals surface area contributed by atoms with Crippen molar-refractivity contribution < 1.29 is 0 Å². The lowest BCUT2D eigenvalue weighted by Crippen LogP contribution is -2.86. The van der Waals surface area contributed by atoms with Gasteiger partial charge in [-0.3, -0.25) is 0 Å². The average Bonchev–Trinajstić information content (AvgIpc) is 1.91. The summed E-state index contributed by atoms with van der Waals surface area (Å²) in [5, 5.41) is 0.675. The number of hydrogen-bond donors (Lipinski definition) is 0. The normalized spacial score (nSPS) is 15.9. The third-order valence-corrected chi connectivity index (χ3v) is 81.6. The van der Waals surface area contributed by atoms with Gasteiger partial charge in [-0.15, -0.1) is 0 Å². The Morgan fingerprint density at radius 3 is 1.11 bits per heavy atom. The maximum atomic E-state index is 2.73. The van der Waals surface area contributed by atoms with Gasteiger partial charge in [-0.1, -0.05) is 85.2 Å². The first-order valence-corrected chi connectivity index (χ1v) is 25.0. The molecule has 19 heavy (non-hydrogen) atoms. The van der Waals surface area contributed by atoms with Crippen molar-refractivity contribution in [3.63, 3.8) is 0 Å². The van der Waals surface area contributed by atoms with E-state index in [1.165, 1.54) is 22.7 Å². The molecule has 0 aliphatic heterocycles. The predicted molar refractivity (Wildman–Crippen MR) is 109 cm³/mol. The molecule has 0 aromatic heterocycles. The summed E-state index contributed by atoms with van der Waals surface area (Å²) in [4.78, 5) is 0. The van der Waals surface area contributed by atoms with E-state index in [1.54, 1.807) is 0 Å². The zero-order chi connectivity index (χ0) is 15.9. The van der Waals surface area contributed by atoms with Crippen LogP contribution in [0.15, 0.2) is 0 Å². The van der Waals surface area contributed by atoms with E-state index in [-0.39, 0.29) is 0 Å². The Morgan fingerprint density at radius 2 is 0.947 bits per heavy atom. The minimum Gasteiger partial charge on any atom is -0.0718 e. The summed E-state index contributed by atoms with van der Waals surface area (Å²) in [7, 11) is -1.93. The lowest BCUT2D eigenvalue weighted by atomic mass is 10.1. The minimum absolute atomic E-state index is 0.675. The van der Waals surface area contributed by atoms with E-state index in [4.69, 9.17) is 0 Å². The Bertz CT molecular complexity index is 265. The van der Waals surface area contributed by atoms with Crippen LogP contribution in [-0.2, 0) is 0 Å². The fraction of sp³-hybridized carbons (Fsp3) is 1.00. The Balaban J connectivity index is 6.44. The molecule has 0 saturated carbocycles. The van der Waals surface area contributed by atoms with Crippen molar-refractivity contribution in [3.8, 4) is 0 Å². The summed E-state index contributed by atoms with van der Waals surface area (Å²) in [5.41, 5.74) is 0. The van der Waals surface area contributed by atoms with Crippen LogP contribution >= 0.6 is 0 Å². The van der Waals surface area contributed by atoms with Crippen LogP contribution in [0.1, 0.15) is 20.3 Å². The maximum Gasteiger partial charge on any atom is 0.0434 e. The van der Waals surface area contributed by atoms with Gasteiger partial charge in [-0.05, 0) is 5.04 Å². The molecule has 0 aromatic rings. The molecular formula is C14H40Si5. The molecule has 0 fully saturated rings. The second-order valence-electron chi connectivity index (χ2n) is 10.1. The summed E-state index contributed by atoms with van der Waals surface area (Å²) < 4.78 is 0. The molecule has 0 aliphatic carbocycles. The topological polar surface area (TPSA) is 0 Å². The SMILES string of the molecule is CC(C)(CC[SiH3])[Si]([Si](C)(C)C)([Si](C)(C)C)[Si](C)(C)C. The summed E-state index contributed by atoms with van der Waals surface area (Å²) in [6.45, 7) is 28.7. The van der Waals surface area contributed by atoms with Gasteiger partial charge >= 0.3 is 0 Å². The average molecular weight is 349 g/mol. The van der Waals surface area contributed by atoms with Crippen molar-refractivity contribution in [2.75, 3.05) is 0 Å². The molecule has 0 nitrogen and oxygen atoms in total. The van der Waals surface area contributed by atoms with E-state index in [1.807, 2.05) is 0 Å². The highest BCUT2D eigenvalue weighted by Gasteiger charge is 2.67. The zero-order valence-corrected chi connectivity index (χ0v) is 21.9. The largest absolute Gasteiger partial charge is 0.0718 e.